The molecule has 2 N–H and O–H groups in total. The highest BCUT2D eigenvalue weighted by Crippen LogP contribution is 2.17. The van der Waals surface area contributed by atoms with Gasteiger partial charge in [0, 0.05) is 19.3 Å². The van der Waals surface area contributed by atoms with E-state index >= 15 is 0 Å². The van der Waals surface area contributed by atoms with Gasteiger partial charge in [-0.05, 0) is 18.1 Å². The second-order valence-electron chi connectivity index (χ2n) is 4.39. The van der Waals surface area contributed by atoms with Gasteiger partial charge in [-0.15, -0.1) is 0 Å². The molecule has 1 aromatic rings. The van der Waals surface area contributed by atoms with Gasteiger partial charge in [-0.3, -0.25) is 0 Å². The van der Waals surface area contributed by atoms with E-state index in [0.29, 0.717) is 24.8 Å². The van der Waals surface area contributed by atoms with Gasteiger partial charge in [0.1, 0.15) is 10.7 Å². The molecule has 1 unspecified atom stereocenters. The Morgan fingerprint density at radius 2 is 2.06 bits per heavy atom. The standard InChI is InChI=1S/C12H21N3O2S/c1-4-10(3)9-15(5-2)18(16,17)11-6-7-12(13)14-8-11/h6-8,10H,4-5,9H2,1-3H3,(H2,13,14). The van der Waals surface area contributed by atoms with Gasteiger partial charge in [0.05, 0.1) is 0 Å². The Labute approximate surface area is 109 Å². The second kappa shape index (κ2) is 6.15. The minimum absolute atomic E-state index is 0.196. The van der Waals surface area contributed by atoms with Crippen molar-refractivity contribution in [2.75, 3.05) is 18.8 Å². The van der Waals surface area contributed by atoms with Crippen molar-refractivity contribution in [1.82, 2.24) is 9.29 Å². The molecule has 1 aromatic heterocycles. The van der Waals surface area contributed by atoms with Crippen LogP contribution < -0.4 is 5.73 Å². The van der Waals surface area contributed by atoms with Crippen LogP contribution >= 0.6 is 0 Å². The summed E-state index contributed by atoms with van der Waals surface area (Å²) in [4.78, 5) is 4.03. The van der Waals surface area contributed by atoms with Gasteiger partial charge >= 0.3 is 0 Å². The number of anilines is 1. The Bertz CT molecular complexity index is 471. The lowest BCUT2D eigenvalue weighted by Gasteiger charge is -2.23. The first-order valence-electron chi connectivity index (χ1n) is 6.13. The summed E-state index contributed by atoms with van der Waals surface area (Å²) in [6.45, 7) is 6.91. The number of aromatic nitrogens is 1. The number of sulfonamides is 1. The van der Waals surface area contributed by atoms with E-state index in [1.807, 2.05) is 13.8 Å². The number of pyridine rings is 1. The topological polar surface area (TPSA) is 76.3 Å². The molecule has 0 aromatic carbocycles. The summed E-state index contributed by atoms with van der Waals surface area (Å²) in [5, 5.41) is 0. The maximum atomic E-state index is 12.4. The zero-order chi connectivity index (χ0) is 13.8. The molecule has 0 bridgehead atoms. The zero-order valence-corrected chi connectivity index (χ0v) is 11.9. The summed E-state index contributed by atoms with van der Waals surface area (Å²) in [7, 11) is -3.46. The lowest BCUT2D eigenvalue weighted by Crippen LogP contribution is -2.34. The van der Waals surface area contributed by atoms with E-state index in [2.05, 4.69) is 11.9 Å². The van der Waals surface area contributed by atoms with E-state index in [0.717, 1.165) is 6.42 Å². The van der Waals surface area contributed by atoms with Crippen molar-refractivity contribution in [3.8, 4) is 0 Å². The van der Waals surface area contributed by atoms with Crippen LogP contribution in [0.5, 0.6) is 0 Å². The zero-order valence-electron chi connectivity index (χ0n) is 11.1. The normalized spacial score (nSPS) is 13.8. The summed E-state index contributed by atoms with van der Waals surface area (Å²) in [6.07, 6.45) is 2.26. The quantitative estimate of drug-likeness (QED) is 0.854. The Morgan fingerprint density at radius 1 is 1.39 bits per heavy atom. The molecule has 6 heteroatoms. The van der Waals surface area contributed by atoms with Crippen LogP contribution in [0.15, 0.2) is 23.2 Å². The first-order valence-corrected chi connectivity index (χ1v) is 7.57. The van der Waals surface area contributed by atoms with Gasteiger partial charge in [-0.2, -0.15) is 4.31 Å². The minimum Gasteiger partial charge on any atom is -0.384 e. The second-order valence-corrected chi connectivity index (χ2v) is 6.33. The van der Waals surface area contributed by atoms with Crippen LogP contribution in [-0.4, -0.2) is 30.8 Å². The average Bonchev–Trinajstić information content (AvgIpc) is 2.35. The minimum atomic E-state index is -3.46. The smallest absolute Gasteiger partial charge is 0.244 e. The molecule has 0 radical (unpaired) electrons. The highest BCUT2D eigenvalue weighted by molar-refractivity contribution is 7.89. The molecule has 0 aliphatic heterocycles. The molecule has 0 aliphatic carbocycles. The third-order valence-corrected chi connectivity index (χ3v) is 4.89. The van der Waals surface area contributed by atoms with Gasteiger partial charge in [0.25, 0.3) is 0 Å². The van der Waals surface area contributed by atoms with Crippen LogP contribution in [0.2, 0.25) is 0 Å². The SMILES string of the molecule is CCC(C)CN(CC)S(=O)(=O)c1ccc(N)nc1. The van der Waals surface area contributed by atoms with Gasteiger partial charge in [-0.25, -0.2) is 13.4 Å². The highest BCUT2D eigenvalue weighted by atomic mass is 32.2. The average molecular weight is 271 g/mol. The van der Waals surface area contributed by atoms with Crippen LogP contribution in [-0.2, 0) is 10.0 Å². The molecule has 18 heavy (non-hydrogen) atoms. The summed E-state index contributed by atoms with van der Waals surface area (Å²) in [6, 6.07) is 3.00. The van der Waals surface area contributed by atoms with Crippen molar-refractivity contribution in [2.24, 2.45) is 5.92 Å². The first kappa shape index (κ1) is 14.9. The van der Waals surface area contributed by atoms with E-state index in [9.17, 15) is 8.42 Å². The number of nitrogens with two attached hydrogens (primary N) is 1. The maximum Gasteiger partial charge on any atom is 0.244 e. The summed E-state index contributed by atoms with van der Waals surface area (Å²) >= 11 is 0. The molecule has 102 valence electrons. The molecule has 1 atom stereocenters. The Kier molecular flexibility index (Phi) is 5.10. The number of hydrogen-bond acceptors (Lipinski definition) is 4. The monoisotopic (exact) mass is 271 g/mol. The Morgan fingerprint density at radius 3 is 2.50 bits per heavy atom. The predicted octanol–water partition coefficient (Wildman–Crippen LogP) is 1.72. The third kappa shape index (κ3) is 3.43. The van der Waals surface area contributed by atoms with Crippen LogP contribution in [0.4, 0.5) is 5.82 Å². The molecule has 0 aliphatic rings. The van der Waals surface area contributed by atoms with E-state index in [4.69, 9.17) is 5.73 Å². The van der Waals surface area contributed by atoms with Gasteiger partial charge < -0.3 is 5.73 Å². The third-order valence-electron chi connectivity index (χ3n) is 2.96. The molecular formula is C12H21N3O2S. The fourth-order valence-electron chi connectivity index (χ4n) is 1.57. The lowest BCUT2D eigenvalue weighted by atomic mass is 10.1. The van der Waals surface area contributed by atoms with Crippen molar-refractivity contribution >= 4 is 15.8 Å². The lowest BCUT2D eigenvalue weighted by molar-refractivity contribution is 0.361. The van der Waals surface area contributed by atoms with Crippen molar-refractivity contribution in [3.05, 3.63) is 18.3 Å². The van der Waals surface area contributed by atoms with Crippen LogP contribution in [0.1, 0.15) is 27.2 Å². The van der Waals surface area contributed by atoms with Crippen molar-refractivity contribution in [2.45, 2.75) is 32.1 Å². The van der Waals surface area contributed by atoms with Crippen LogP contribution in [0, 0.1) is 5.92 Å². The summed E-state index contributed by atoms with van der Waals surface area (Å²) < 4.78 is 26.2. The predicted molar refractivity (Wildman–Crippen MR) is 72.5 cm³/mol. The van der Waals surface area contributed by atoms with Crippen molar-refractivity contribution in [3.63, 3.8) is 0 Å². The largest absolute Gasteiger partial charge is 0.384 e. The van der Waals surface area contributed by atoms with Gasteiger partial charge in [-0.1, -0.05) is 27.2 Å². The number of nitrogens with zero attached hydrogens (tertiary/aromatic N) is 2. The van der Waals surface area contributed by atoms with E-state index < -0.39 is 10.0 Å². The summed E-state index contributed by atoms with van der Waals surface area (Å²) in [5.41, 5.74) is 5.46. The van der Waals surface area contributed by atoms with Crippen molar-refractivity contribution in [1.29, 1.82) is 0 Å². The maximum absolute atomic E-state index is 12.4. The van der Waals surface area contributed by atoms with E-state index in [1.165, 1.54) is 22.6 Å². The molecule has 0 saturated heterocycles. The van der Waals surface area contributed by atoms with Gasteiger partial charge in [0.2, 0.25) is 10.0 Å². The first-order chi connectivity index (χ1) is 8.41. The van der Waals surface area contributed by atoms with E-state index in [1.54, 1.807) is 0 Å². The Hall–Kier alpha value is -1.14. The molecule has 0 amide bonds. The molecule has 0 fully saturated rings. The molecule has 5 nitrogen and oxygen atoms in total. The van der Waals surface area contributed by atoms with E-state index in [-0.39, 0.29) is 4.90 Å². The fourth-order valence-corrected chi connectivity index (χ4v) is 3.08. The Balaban J connectivity index is 2.99. The molecule has 0 saturated carbocycles. The van der Waals surface area contributed by atoms with Crippen LogP contribution in [0.3, 0.4) is 0 Å². The fraction of sp³-hybridized carbons (Fsp3) is 0.583. The molecule has 1 rings (SSSR count). The molecule has 1 heterocycles. The van der Waals surface area contributed by atoms with Crippen molar-refractivity contribution < 1.29 is 8.42 Å². The number of nitrogen functional groups attached to an aromatic ring is 1. The number of hydrogen-bond donors (Lipinski definition) is 1. The molecule has 0 spiro atoms. The van der Waals surface area contributed by atoms with Gasteiger partial charge in [0.15, 0.2) is 0 Å². The van der Waals surface area contributed by atoms with Crippen LogP contribution in [0.25, 0.3) is 0 Å². The summed E-state index contributed by atoms with van der Waals surface area (Å²) in [5.74, 6) is 0.653. The number of rotatable bonds is 6. The highest BCUT2D eigenvalue weighted by Gasteiger charge is 2.24. The molecular weight excluding hydrogens is 250 g/mol.